The van der Waals surface area contributed by atoms with Crippen molar-refractivity contribution < 1.29 is 55.6 Å². The fourth-order valence-corrected chi connectivity index (χ4v) is 3.43. The van der Waals surface area contributed by atoms with Crippen molar-refractivity contribution in [3.63, 3.8) is 0 Å². The molecule has 1 atom stereocenters. The SMILES string of the molecule is CC[C@H](C(=O)[N-]C)N(C)S(=O)(=O)c1ccccc1[N+](=O)[O-].CN[C-]=O.[Y]. The molecule has 0 aromatic heterocycles. The Labute approximate surface area is 177 Å². The van der Waals surface area contributed by atoms with E-state index in [9.17, 15) is 23.3 Å². The molecule has 143 valence electrons. The van der Waals surface area contributed by atoms with Crippen molar-refractivity contribution in [1.29, 1.82) is 0 Å². The smallest absolute Gasteiger partial charge is 0.289 e. The Balaban J connectivity index is 0. The van der Waals surface area contributed by atoms with Crippen LogP contribution in [0.1, 0.15) is 13.3 Å². The minimum atomic E-state index is -4.17. The van der Waals surface area contributed by atoms with Crippen molar-refractivity contribution in [3.05, 3.63) is 39.7 Å². The maximum absolute atomic E-state index is 12.5. The summed E-state index contributed by atoms with van der Waals surface area (Å²) in [6.07, 6.45) is 1.65. The largest absolute Gasteiger partial charge is 0.655 e. The Bertz CT molecular complexity index is 713. The summed E-state index contributed by atoms with van der Waals surface area (Å²) < 4.78 is 25.8. The molecule has 1 radical (unpaired) electrons. The van der Waals surface area contributed by atoms with Gasteiger partial charge in [0.25, 0.3) is 5.69 Å². The van der Waals surface area contributed by atoms with E-state index in [0.29, 0.717) is 0 Å². The van der Waals surface area contributed by atoms with E-state index in [0.717, 1.165) is 16.4 Å². The first-order chi connectivity index (χ1) is 11.7. The number of carbonyl (C=O) groups excluding carboxylic acids is 2. The molecule has 0 aliphatic heterocycles. The van der Waals surface area contributed by atoms with Gasteiger partial charge in [0.2, 0.25) is 10.0 Å². The molecule has 0 aliphatic rings. The van der Waals surface area contributed by atoms with Gasteiger partial charge in [-0.05, 0) is 19.5 Å². The molecular weight excluding hydrogens is 441 g/mol. The van der Waals surface area contributed by atoms with Crippen LogP contribution in [-0.2, 0) is 52.3 Å². The van der Waals surface area contributed by atoms with Crippen molar-refractivity contribution in [3.8, 4) is 0 Å². The zero-order valence-corrected chi connectivity index (χ0v) is 18.5. The number of rotatable bonds is 7. The fourth-order valence-electron chi connectivity index (χ4n) is 1.89. The van der Waals surface area contributed by atoms with E-state index in [1.807, 2.05) is 0 Å². The predicted octanol–water partition coefficient (Wildman–Crippen LogP) is 0.795. The van der Waals surface area contributed by atoms with Crippen LogP contribution in [0.5, 0.6) is 0 Å². The van der Waals surface area contributed by atoms with Crippen molar-refractivity contribution in [2.45, 2.75) is 24.3 Å². The first-order valence-corrected chi connectivity index (χ1v) is 8.51. The molecular formula is C14H20N4O6SY-2. The van der Waals surface area contributed by atoms with E-state index in [-0.39, 0.29) is 39.1 Å². The Hall–Kier alpha value is -1.43. The van der Waals surface area contributed by atoms with E-state index < -0.39 is 37.5 Å². The fraction of sp³-hybridized carbons (Fsp3) is 0.429. The van der Waals surface area contributed by atoms with Crippen LogP contribution < -0.4 is 5.32 Å². The Morgan fingerprint density at radius 1 is 1.42 bits per heavy atom. The topological polar surface area (TPSA) is 141 Å². The molecule has 10 nitrogen and oxygen atoms in total. The zero-order valence-electron chi connectivity index (χ0n) is 14.9. The number of nitrogens with one attached hydrogen (secondary N) is 1. The van der Waals surface area contributed by atoms with Crippen molar-refractivity contribution in [2.75, 3.05) is 21.1 Å². The summed E-state index contributed by atoms with van der Waals surface area (Å²) >= 11 is 0. The summed E-state index contributed by atoms with van der Waals surface area (Å²) in [5.74, 6) is -0.595. The summed E-state index contributed by atoms with van der Waals surface area (Å²) in [5, 5.41) is 16.5. The molecule has 1 rings (SSSR count). The molecule has 12 heteroatoms. The number of hydrogen-bond acceptors (Lipinski definition) is 6. The molecule has 1 N–H and O–H groups in total. The van der Waals surface area contributed by atoms with Crippen LogP contribution in [0, 0.1) is 10.1 Å². The third-order valence-corrected chi connectivity index (χ3v) is 5.07. The van der Waals surface area contributed by atoms with Gasteiger partial charge in [0.05, 0.1) is 16.9 Å². The predicted molar refractivity (Wildman–Crippen MR) is 91.2 cm³/mol. The summed E-state index contributed by atoms with van der Waals surface area (Å²) in [7, 11) is -0.177. The second kappa shape index (κ2) is 12.9. The van der Waals surface area contributed by atoms with E-state index in [4.69, 9.17) is 4.79 Å². The number of amides is 2. The molecule has 26 heavy (non-hydrogen) atoms. The van der Waals surface area contributed by atoms with E-state index in [2.05, 4.69) is 10.6 Å². The van der Waals surface area contributed by atoms with Gasteiger partial charge in [-0.1, -0.05) is 19.1 Å². The molecule has 0 aliphatic carbocycles. The number of nitro benzene ring substituents is 1. The first-order valence-electron chi connectivity index (χ1n) is 7.07. The third-order valence-electron chi connectivity index (χ3n) is 3.15. The van der Waals surface area contributed by atoms with Crippen LogP contribution in [0.25, 0.3) is 5.32 Å². The monoisotopic (exact) mass is 461 g/mol. The first kappa shape index (κ1) is 26.8. The van der Waals surface area contributed by atoms with Gasteiger partial charge in [-0.15, -0.1) is 7.05 Å². The van der Waals surface area contributed by atoms with Crippen molar-refractivity contribution in [1.82, 2.24) is 9.62 Å². The molecule has 0 spiro atoms. The van der Waals surface area contributed by atoms with Gasteiger partial charge in [0.1, 0.15) is 0 Å². The summed E-state index contributed by atoms with van der Waals surface area (Å²) in [4.78, 5) is 30.4. The normalized spacial score (nSPS) is 11.3. The standard InChI is InChI=1S/C12H17N3O5S.C2H4NO.Y/c1-4-9(12(16)13-2)14(3)21(19,20)11-8-6-5-7-10(11)15(17)18;1-3-2-4;/h5-9H,4H2,1-3H3,(H,13,16);1H3,(H,3,4);/q;-1;/p-1/t9-;;/m1../s1. The molecule has 2 amide bonds. The maximum atomic E-state index is 12.5. The Kier molecular flexibility index (Phi) is 13.2. The number of carbonyl (C=O) groups is 1. The van der Waals surface area contributed by atoms with E-state index in [1.165, 1.54) is 39.7 Å². The number of para-hydroxylation sites is 1. The van der Waals surface area contributed by atoms with Crippen LogP contribution in [0.15, 0.2) is 29.2 Å². The minimum Gasteiger partial charge on any atom is -0.655 e. The Morgan fingerprint density at radius 2 is 1.92 bits per heavy atom. The number of benzene rings is 1. The number of hydrogen-bond donors (Lipinski definition) is 1. The van der Waals surface area contributed by atoms with Gasteiger partial charge in [0.15, 0.2) is 4.90 Å². The molecule has 1 aromatic carbocycles. The molecule has 0 saturated carbocycles. The van der Waals surface area contributed by atoms with Gasteiger partial charge in [-0.2, -0.15) is 10.7 Å². The van der Waals surface area contributed by atoms with Crippen LogP contribution in [0.2, 0.25) is 0 Å². The number of nitro groups is 1. The minimum absolute atomic E-state index is 0. The molecule has 0 bridgehead atoms. The van der Waals surface area contributed by atoms with Crippen LogP contribution in [0.3, 0.4) is 0 Å². The molecule has 0 heterocycles. The molecule has 0 fully saturated rings. The summed E-state index contributed by atoms with van der Waals surface area (Å²) in [5.41, 5.74) is -0.528. The third kappa shape index (κ3) is 7.06. The average molecular weight is 461 g/mol. The van der Waals surface area contributed by atoms with E-state index in [1.54, 1.807) is 6.92 Å². The van der Waals surface area contributed by atoms with Crippen molar-refractivity contribution >= 4 is 28.0 Å². The summed E-state index contributed by atoms with van der Waals surface area (Å²) in [6.45, 7) is 1.64. The van der Waals surface area contributed by atoms with Gasteiger partial charge in [-0.3, -0.25) is 10.1 Å². The maximum Gasteiger partial charge on any atom is 0.289 e. The quantitative estimate of drug-likeness (QED) is 0.276. The number of likely N-dealkylation sites (N-methyl/N-ethyl adjacent to an activating group) is 2. The van der Waals surface area contributed by atoms with Crippen molar-refractivity contribution in [2.24, 2.45) is 0 Å². The zero-order chi connectivity index (χ0) is 19.6. The molecule has 1 aromatic rings. The molecule has 0 unspecified atom stereocenters. The van der Waals surface area contributed by atoms with Crippen LogP contribution in [0.4, 0.5) is 5.69 Å². The second-order valence-electron chi connectivity index (χ2n) is 4.58. The van der Waals surface area contributed by atoms with Crippen LogP contribution in [-0.4, -0.2) is 57.1 Å². The average Bonchev–Trinajstić information content (AvgIpc) is 2.61. The van der Waals surface area contributed by atoms with Gasteiger partial charge >= 0.3 is 0 Å². The molecule has 0 saturated heterocycles. The second-order valence-corrected chi connectivity index (χ2v) is 6.55. The number of sulfonamides is 1. The van der Waals surface area contributed by atoms with Gasteiger partial charge in [0, 0.05) is 45.8 Å². The van der Waals surface area contributed by atoms with E-state index >= 15 is 0 Å². The van der Waals surface area contributed by atoms with Gasteiger partial charge in [-0.25, -0.2) is 8.42 Å². The number of nitrogens with zero attached hydrogens (tertiary/aromatic N) is 3. The Morgan fingerprint density at radius 3 is 2.31 bits per heavy atom. The van der Waals surface area contributed by atoms with Crippen LogP contribution >= 0.6 is 0 Å². The van der Waals surface area contributed by atoms with Gasteiger partial charge < -0.3 is 20.2 Å². The summed E-state index contributed by atoms with van der Waals surface area (Å²) in [6, 6.07) is 4.03.